The lowest BCUT2D eigenvalue weighted by Gasteiger charge is -2.17. The third kappa shape index (κ3) is 3.30. The number of rotatable bonds is 3. The molecule has 0 radical (unpaired) electrons. The van der Waals surface area contributed by atoms with Gasteiger partial charge in [0, 0.05) is 23.2 Å². The highest BCUT2D eigenvalue weighted by molar-refractivity contribution is 6.00. The minimum atomic E-state index is -0.536. The first-order valence-electron chi connectivity index (χ1n) is 8.84. The second-order valence-electron chi connectivity index (χ2n) is 7.58. The Morgan fingerprint density at radius 1 is 1.26 bits per heavy atom. The number of hydrogen-bond acceptors (Lipinski definition) is 6. The Hall–Kier alpha value is -2.80. The Morgan fingerprint density at radius 3 is 2.78 bits per heavy atom. The van der Waals surface area contributed by atoms with E-state index in [1.807, 2.05) is 13.8 Å². The molecule has 1 atom stereocenters. The fourth-order valence-electron chi connectivity index (χ4n) is 3.57. The Bertz CT molecular complexity index is 999. The van der Waals surface area contributed by atoms with E-state index < -0.39 is 5.82 Å². The molecule has 0 saturated carbocycles. The van der Waals surface area contributed by atoms with Crippen LogP contribution < -0.4 is 5.32 Å². The van der Waals surface area contributed by atoms with Gasteiger partial charge in [-0.25, -0.2) is 4.39 Å². The number of nitrogens with zero attached hydrogens (tertiary/aromatic N) is 3. The van der Waals surface area contributed by atoms with Crippen LogP contribution in [0.1, 0.15) is 25.8 Å². The van der Waals surface area contributed by atoms with Gasteiger partial charge in [0.1, 0.15) is 17.3 Å². The van der Waals surface area contributed by atoms with E-state index in [1.54, 1.807) is 25.4 Å². The molecule has 1 aromatic carbocycles. The second kappa shape index (κ2) is 6.42. The average molecular weight is 368 g/mol. The number of anilines is 1. The van der Waals surface area contributed by atoms with Crippen LogP contribution in [0.4, 0.5) is 10.2 Å². The smallest absolute Gasteiger partial charge is 0.158 e. The first-order chi connectivity index (χ1) is 12.8. The first kappa shape index (κ1) is 17.6. The van der Waals surface area contributed by atoms with Crippen LogP contribution in [0, 0.1) is 12.7 Å². The number of aromatic hydroxyl groups is 1. The SMILES string of the molecule is Cc1cc(O)c(-c2nnc(N[C@H]3COC(C)(C)C3)c3cnccc23)c(F)c1. The van der Waals surface area contributed by atoms with Gasteiger partial charge in [0.15, 0.2) is 5.82 Å². The molecule has 6 nitrogen and oxygen atoms in total. The van der Waals surface area contributed by atoms with Crippen molar-refractivity contribution in [1.29, 1.82) is 0 Å². The van der Waals surface area contributed by atoms with Crippen molar-refractivity contribution in [2.45, 2.75) is 38.8 Å². The van der Waals surface area contributed by atoms with E-state index in [-0.39, 0.29) is 28.6 Å². The third-order valence-corrected chi connectivity index (χ3v) is 4.79. The summed E-state index contributed by atoms with van der Waals surface area (Å²) >= 11 is 0. The summed E-state index contributed by atoms with van der Waals surface area (Å²) in [5.74, 6) is -0.127. The van der Waals surface area contributed by atoms with E-state index in [4.69, 9.17) is 4.74 Å². The van der Waals surface area contributed by atoms with E-state index >= 15 is 0 Å². The molecular weight excluding hydrogens is 347 g/mol. The molecule has 2 aromatic heterocycles. The molecule has 0 spiro atoms. The molecule has 1 aliphatic rings. The van der Waals surface area contributed by atoms with Crippen molar-refractivity contribution in [2.24, 2.45) is 0 Å². The number of pyridine rings is 1. The molecule has 0 bridgehead atoms. The summed E-state index contributed by atoms with van der Waals surface area (Å²) < 4.78 is 20.3. The van der Waals surface area contributed by atoms with Crippen LogP contribution in [-0.4, -0.2) is 38.5 Å². The van der Waals surface area contributed by atoms with Gasteiger partial charge in [-0.3, -0.25) is 4.98 Å². The minimum absolute atomic E-state index is 0.0428. The van der Waals surface area contributed by atoms with Crippen LogP contribution >= 0.6 is 0 Å². The van der Waals surface area contributed by atoms with E-state index in [2.05, 4.69) is 20.5 Å². The highest BCUT2D eigenvalue weighted by Crippen LogP contribution is 2.37. The molecule has 1 aliphatic heterocycles. The maximum atomic E-state index is 14.6. The van der Waals surface area contributed by atoms with Gasteiger partial charge in [0.2, 0.25) is 0 Å². The number of halogens is 1. The van der Waals surface area contributed by atoms with Crippen molar-refractivity contribution < 1.29 is 14.2 Å². The van der Waals surface area contributed by atoms with E-state index in [1.165, 1.54) is 12.1 Å². The number of nitrogens with one attached hydrogen (secondary N) is 1. The summed E-state index contributed by atoms with van der Waals surface area (Å²) in [6.07, 6.45) is 4.12. The van der Waals surface area contributed by atoms with Crippen LogP contribution in [0.3, 0.4) is 0 Å². The van der Waals surface area contributed by atoms with Gasteiger partial charge in [0.05, 0.1) is 23.8 Å². The van der Waals surface area contributed by atoms with Gasteiger partial charge in [0.25, 0.3) is 0 Å². The predicted octanol–water partition coefficient (Wildman–Crippen LogP) is 3.82. The zero-order valence-electron chi connectivity index (χ0n) is 15.5. The highest BCUT2D eigenvalue weighted by atomic mass is 19.1. The van der Waals surface area contributed by atoms with Gasteiger partial charge in [-0.1, -0.05) is 0 Å². The fraction of sp³-hybridized carbons (Fsp3) is 0.350. The molecule has 2 N–H and O–H groups in total. The lowest BCUT2D eigenvalue weighted by Crippen LogP contribution is -2.23. The molecule has 27 heavy (non-hydrogen) atoms. The summed E-state index contributed by atoms with van der Waals surface area (Å²) in [6, 6.07) is 4.73. The summed E-state index contributed by atoms with van der Waals surface area (Å²) in [7, 11) is 0. The molecule has 0 unspecified atom stereocenters. The van der Waals surface area contributed by atoms with Crippen molar-refractivity contribution in [3.8, 4) is 17.0 Å². The van der Waals surface area contributed by atoms with Gasteiger partial charge < -0.3 is 15.2 Å². The Labute approximate surface area is 156 Å². The first-order valence-corrected chi connectivity index (χ1v) is 8.84. The van der Waals surface area contributed by atoms with Crippen molar-refractivity contribution >= 4 is 16.6 Å². The molecule has 7 heteroatoms. The summed E-state index contributed by atoms with van der Waals surface area (Å²) in [6.45, 7) is 6.39. The number of ether oxygens (including phenoxy) is 1. The predicted molar refractivity (Wildman–Crippen MR) is 101 cm³/mol. The summed E-state index contributed by atoms with van der Waals surface area (Å²) in [4.78, 5) is 4.18. The number of fused-ring (bicyclic) bond motifs is 1. The van der Waals surface area contributed by atoms with E-state index in [9.17, 15) is 9.50 Å². The number of phenolic OH excluding ortho intramolecular Hbond substituents is 1. The van der Waals surface area contributed by atoms with Crippen LogP contribution in [0.25, 0.3) is 22.0 Å². The van der Waals surface area contributed by atoms with Crippen LogP contribution in [0.2, 0.25) is 0 Å². The Balaban J connectivity index is 1.80. The number of benzene rings is 1. The zero-order valence-corrected chi connectivity index (χ0v) is 15.5. The lowest BCUT2D eigenvalue weighted by molar-refractivity contribution is 0.0363. The van der Waals surface area contributed by atoms with Crippen molar-refractivity contribution in [3.63, 3.8) is 0 Å². The van der Waals surface area contributed by atoms with E-state index in [0.717, 1.165) is 6.42 Å². The molecule has 3 aromatic rings. The van der Waals surface area contributed by atoms with Gasteiger partial charge in [-0.2, -0.15) is 0 Å². The van der Waals surface area contributed by atoms with Gasteiger partial charge in [-0.15, -0.1) is 10.2 Å². The normalized spacial score (nSPS) is 18.7. The monoisotopic (exact) mass is 368 g/mol. The summed E-state index contributed by atoms with van der Waals surface area (Å²) in [5.41, 5.74) is 0.780. The van der Waals surface area contributed by atoms with Gasteiger partial charge >= 0.3 is 0 Å². The maximum Gasteiger partial charge on any atom is 0.158 e. The quantitative estimate of drug-likeness (QED) is 0.731. The second-order valence-corrected chi connectivity index (χ2v) is 7.58. The standard InChI is InChI=1S/C20H21FN4O2/c1-11-6-15(21)17(16(26)7-11)18-13-4-5-22-9-14(13)19(25-24-18)23-12-8-20(2,3)27-10-12/h4-7,9,12,26H,8,10H2,1-3H3,(H,23,25)/t12-/m1/s1. The lowest BCUT2D eigenvalue weighted by atomic mass is 10.0. The van der Waals surface area contributed by atoms with Crippen molar-refractivity contribution in [2.75, 3.05) is 11.9 Å². The third-order valence-electron chi connectivity index (χ3n) is 4.79. The Morgan fingerprint density at radius 2 is 2.07 bits per heavy atom. The molecule has 3 heterocycles. The molecular formula is C20H21FN4O2. The van der Waals surface area contributed by atoms with Crippen LogP contribution in [0.5, 0.6) is 5.75 Å². The van der Waals surface area contributed by atoms with Crippen molar-refractivity contribution in [3.05, 3.63) is 42.0 Å². The maximum absolute atomic E-state index is 14.6. The molecule has 0 amide bonds. The number of hydrogen-bond donors (Lipinski definition) is 2. The molecule has 140 valence electrons. The largest absolute Gasteiger partial charge is 0.507 e. The topological polar surface area (TPSA) is 80.2 Å². The average Bonchev–Trinajstić information content (AvgIpc) is 2.94. The van der Waals surface area contributed by atoms with Crippen LogP contribution in [0.15, 0.2) is 30.6 Å². The molecule has 4 rings (SSSR count). The number of aryl methyl sites for hydroxylation is 1. The van der Waals surface area contributed by atoms with Gasteiger partial charge in [-0.05, 0) is 51.0 Å². The number of aromatic nitrogens is 3. The Kier molecular flexibility index (Phi) is 4.19. The number of phenols is 1. The molecule has 1 saturated heterocycles. The molecule has 1 fully saturated rings. The highest BCUT2D eigenvalue weighted by Gasteiger charge is 2.32. The van der Waals surface area contributed by atoms with E-state index in [0.29, 0.717) is 28.8 Å². The fourth-order valence-corrected chi connectivity index (χ4v) is 3.57. The minimum Gasteiger partial charge on any atom is -0.507 e. The van der Waals surface area contributed by atoms with Crippen molar-refractivity contribution in [1.82, 2.24) is 15.2 Å². The summed E-state index contributed by atoms with van der Waals surface area (Å²) in [5, 5.41) is 23.5. The van der Waals surface area contributed by atoms with Crippen LogP contribution in [-0.2, 0) is 4.74 Å². The zero-order chi connectivity index (χ0) is 19.2. The molecule has 0 aliphatic carbocycles.